The Morgan fingerprint density at radius 2 is 1.72 bits per heavy atom. The molecular weight excluding hydrogens is 477 g/mol. The fraction of sp³-hybridized carbons (Fsp3) is 0.333. The third-order valence-electron chi connectivity index (χ3n) is 5.27. The van der Waals surface area contributed by atoms with Crippen LogP contribution in [0.4, 0.5) is 10.1 Å². The van der Waals surface area contributed by atoms with E-state index in [0.29, 0.717) is 0 Å². The number of carboxylic acids is 1. The normalized spacial score (nSPS) is 13.1. The number of amides is 2. The summed E-state index contributed by atoms with van der Waals surface area (Å²) in [7, 11) is 0. The van der Waals surface area contributed by atoms with Gasteiger partial charge in [0.1, 0.15) is 17.9 Å². The molecule has 0 aliphatic heterocycles. The van der Waals surface area contributed by atoms with Gasteiger partial charge in [-0.3, -0.25) is 24.5 Å². The molecule has 0 aromatic heterocycles. The summed E-state index contributed by atoms with van der Waals surface area (Å²) in [5.74, 6) is -5.54. The maximum Gasteiger partial charge on any atom is 0.326 e. The number of non-ortho nitro benzene ring substituents is 1. The Kier molecular flexibility index (Phi) is 10.0. The number of carbonyl (C=O) groups excluding carboxylic acids is 3. The van der Waals surface area contributed by atoms with Crippen molar-refractivity contribution in [3.8, 4) is 0 Å². The second kappa shape index (κ2) is 12.9. The molecular formula is C24H26FN3O8. The number of halogens is 1. The number of hydrogen-bond acceptors (Lipinski definition) is 7. The maximum atomic E-state index is 14.2. The SMILES string of the molecule is CCOC(=O)C[C@@H](c1ccc([N+](=O)[O-])cc1)[C@H](NC(=O)[C@H](Cc1ccccc1F)NC(C)=O)C(=O)O. The minimum atomic E-state index is -1.68. The highest BCUT2D eigenvalue weighted by molar-refractivity contribution is 5.91. The number of nitrogens with zero attached hydrogens (tertiary/aromatic N) is 1. The number of hydrogen-bond donors (Lipinski definition) is 3. The van der Waals surface area contributed by atoms with Gasteiger partial charge in [-0.15, -0.1) is 0 Å². The van der Waals surface area contributed by atoms with Gasteiger partial charge in [-0.05, 0) is 24.1 Å². The van der Waals surface area contributed by atoms with Crippen molar-refractivity contribution in [3.05, 3.63) is 75.6 Å². The minimum Gasteiger partial charge on any atom is -0.480 e. The summed E-state index contributed by atoms with van der Waals surface area (Å²) >= 11 is 0. The third kappa shape index (κ3) is 7.86. The van der Waals surface area contributed by atoms with Crippen molar-refractivity contribution in [1.82, 2.24) is 10.6 Å². The van der Waals surface area contributed by atoms with Crippen LogP contribution in [0.15, 0.2) is 48.5 Å². The highest BCUT2D eigenvalue weighted by Gasteiger charge is 2.35. The highest BCUT2D eigenvalue weighted by atomic mass is 19.1. The van der Waals surface area contributed by atoms with Crippen molar-refractivity contribution in [2.75, 3.05) is 6.61 Å². The van der Waals surface area contributed by atoms with Gasteiger partial charge in [0.15, 0.2) is 0 Å². The lowest BCUT2D eigenvalue weighted by Gasteiger charge is -2.27. The van der Waals surface area contributed by atoms with Crippen LogP contribution in [0.25, 0.3) is 0 Å². The zero-order valence-corrected chi connectivity index (χ0v) is 19.6. The standard InChI is InChI=1S/C24H26FN3O8/c1-3-36-21(30)13-18(15-8-10-17(11-9-15)28(34)35)22(24(32)33)27-23(31)20(26-14(2)29)12-16-6-4-5-7-19(16)25/h4-11,18,20,22H,3,12-13H2,1-2H3,(H,26,29)(H,27,31)(H,32,33)/t18-,20-,22-/m0/s1. The Hall–Kier alpha value is -4.35. The first-order chi connectivity index (χ1) is 17.0. The van der Waals surface area contributed by atoms with E-state index in [1.54, 1.807) is 13.0 Å². The molecule has 2 aromatic rings. The van der Waals surface area contributed by atoms with Gasteiger partial charge in [-0.25, -0.2) is 9.18 Å². The molecule has 0 fully saturated rings. The molecule has 36 heavy (non-hydrogen) atoms. The molecule has 0 aliphatic rings. The first-order valence-corrected chi connectivity index (χ1v) is 11.0. The Labute approximate surface area is 205 Å². The number of nitro benzene ring substituents is 1. The van der Waals surface area contributed by atoms with Crippen LogP contribution < -0.4 is 10.6 Å². The zero-order valence-electron chi connectivity index (χ0n) is 19.6. The summed E-state index contributed by atoms with van der Waals surface area (Å²) in [6.45, 7) is 2.75. The number of benzene rings is 2. The van der Waals surface area contributed by atoms with E-state index in [1.165, 1.54) is 30.3 Å². The summed E-state index contributed by atoms with van der Waals surface area (Å²) in [5, 5.41) is 25.6. The molecule has 12 heteroatoms. The molecule has 2 aromatic carbocycles. The lowest BCUT2D eigenvalue weighted by molar-refractivity contribution is -0.384. The van der Waals surface area contributed by atoms with E-state index in [1.807, 2.05) is 0 Å². The van der Waals surface area contributed by atoms with E-state index in [2.05, 4.69) is 10.6 Å². The number of aliphatic carboxylic acids is 1. The second-order valence-corrected chi connectivity index (χ2v) is 7.84. The van der Waals surface area contributed by atoms with Gasteiger partial charge in [0.2, 0.25) is 11.8 Å². The first-order valence-electron chi connectivity index (χ1n) is 11.0. The Balaban J connectivity index is 2.39. The summed E-state index contributed by atoms with van der Waals surface area (Å²) < 4.78 is 19.1. The number of ether oxygens (including phenoxy) is 1. The smallest absolute Gasteiger partial charge is 0.326 e. The topological polar surface area (TPSA) is 165 Å². The highest BCUT2D eigenvalue weighted by Crippen LogP contribution is 2.27. The largest absolute Gasteiger partial charge is 0.480 e. The van der Waals surface area contributed by atoms with Crippen molar-refractivity contribution >= 4 is 29.4 Å². The third-order valence-corrected chi connectivity index (χ3v) is 5.27. The number of nitro groups is 1. The van der Waals surface area contributed by atoms with Crippen LogP contribution in [-0.4, -0.2) is 52.5 Å². The molecule has 0 saturated carbocycles. The molecule has 0 heterocycles. The summed E-state index contributed by atoms with van der Waals surface area (Å²) in [6, 6.07) is 7.47. The van der Waals surface area contributed by atoms with Crippen LogP contribution in [0.2, 0.25) is 0 Å². The van der Waals surface area contributed by atoms with Crippen LogP contribution in [-0.2, 0) is 30.3 Å². The maximum absolute atomic E-state index is 14.2. The van der Waals surface area contributed by atoms with E-state index in [0.717, 1.165) is 19.1 Å². The Morgan fingerprint density at radius 1 is 1.08 bits per heavy atom. The minimum absolute atomic E-state index is 0.0309. The number of esters is 1. The number of carboxylic acid groups (broad SMARTS) is 1. The molecule has 3 atom stereocenters. The van der Waals surface area contributed by atoms with Gasteiger partial charge in [-0.2, -0.15) is 0 Å². The zero-order chi connectivity index (χ0) is 26.8. The van der Waals surface area contributed by atoms with Crippen molar-refractivity contribution in [1.29, 1.82) is 0 Å². The summed E-state index contributed by atoms with van der Waals surface area (Å²) in [6.07, 6.45) is -0.717. The lowest BCUT2D eigenvalue weighted by atomic mass is 9.88. The lowest BCUT2D eigenvalue weighted by Crippen LogP contribution is -2.54. The van der Waals surface area contributed by atoms with Gasteiger partial charge in [0.05, 0.1) is 18.0 Å². The van der Waals surface area contributed by atoms with Gasteiger partial charge in [-0.1, -0.05) is 30.3 Å². The van der Waals surface area contributed by atoms with E-state index < -0.39 is 58.9 Å². The monoisotopic (exact) mass is 503 g/mol. The number of nitrogens with one attached hydrogen (secondary N) is 2. The fourth-order valence-electron chi connectivity index (χ4n) is 3.60. The summed E-state index contributed by atoms with van der Waals surface area (Å²) in [4.78, 5) is 59.6. The van der Waals surface area contributed by atoms with E-state index in [-0.39, 0.29) is 29.8 Å². The molecule has 0 spiro atoms. The molecule has 0 aliphatic carbocycles. The molecule has 2 amide bonds. The molecule has 11 nitrogen and oxygen atoms in total. The van der Waals surface area contributed by atoms with Crippen LogP contribution in [0, 0.1) is 15.9 Å². The molecule has 192 valence electrons. The Bertz CT molecular complexity index is 1120. The predicted octanol–water partition coefficient (Wildman–Crippen LogP) is 2.09. The number of carbonyl (C=O) groups is 4. The van der Waals surface area contributed by atoms with Gasteiger partial charge >= 0.3 is 11.9 Å². The molecule has 2 rings (SSSR count). The predicted molar refractivity (Wildman–Crippen MR) is 124 cm³/mol. The van der Waals surface area contributed by atoms with Crippen LogP contribution in [0.5, 0.6) is 0 Å². The van der Waals surface area contributed by atoms with E-state index in [9.17, 15) is 38.8 Å². The molecule has 3 N–H and O–H groups in total. The second-order valence-electron chi connectivity index (χ2n) is 7.84. The fourth-order valence-corrected chi connectivity index (χ4v) is 3.60. The van der Waals surface area contributed by atoms with Crippen LogP contribution in [0.3, 0.4) is 0 Å². The van der Waals surface area contributed by atoms with Crippen molar-refractivity contribution in [2.24, 2.45) is 0 Å². The van der Waals surface area contributed by atoms with Crippen molar-refractivity contribution < 1.29 is 38.3 Å². The first kappa shape index (κ1) is 27.9. The Morgan fingerprint density at radius 3 is 2.25 bits per heavy atom. The van der Waals surface area contributed by atoms with Crippen molar-refractivity contribution in [3.63, 3.8) is 0 Å². The molecule has 0 saturated heterocycles. The van der Waals surface area contributed by atoms with Crippen LogP contribution >= 0.6 is 0 Å². The van der Waals surface area contributed by atoms with E-state index >= 15 is 0 Å². The average Bonchev–Trinajstić information content (AvgIpc) is 2.82. The summed E-state index contributed by atoms with van der Waals surface area (Å²) in [5.41, 5.74) is 0.100. The molecule has 0 bridgehead atoms. The average molecular weight is 503 g/mol. The van der Waals surface area contributed by atoms with Gasteiger partial charge in [0.25, 0.3) is 5.69 Å². The number of rotatable bonds is 12. The van der Waals surface area contributed by atoms with Gasteiger partial charge < -0.3 is 20.5 Å². The molecule has 0 radical (unpaired) electrons. The molecule has 0 unspecified atom stereocenters. The van der Waals surface area contributed by atoms with E-state index in [4.69, 9.17) is 4.74 Å². The van der Waals surface area contributed by atoms with Crippen molar-refractivity contribution in [2.45, 2.75) is 44.7 Å². The van der Waals surface area contributed by atoms with Gasteiger partial charge in [0, 0.05) is 31.4 Å². The quantitative estimate of drug-likeness (QED) is 0.225. The van der Waals surface area contributed by atoms with Crippen LogP contribution in [0.1, 0.15) is 37.3 Å².